The van der Waals surface area contributed by atoms with Crippen molar-refractivity contribution in [3.63, 3.8) is 0 Å². The van der Waals surface area contributed by atoms with Crippen molar-refractivity contribution in [2.24, 2.45) is 11.8 Å². The number of hydrogen-bond acceptors (Lipinski definition) is 1. The molecule has 2 aliphatic carbocycles. The zero-order valence-electron chi connectivity index (χ0n) is 11.1. The van der Waals surface area contributed by atoms with Gasteiger partial charge < -0.3 is 4.98 Å². The average molecular weight is 244 g/mol. The van der Waals surface area contributed by atoms with Gasteiger partial charge in [-0.3, -0.25) is 0 Å². The van der Waals surface area contributed by atoms with Crippen LogP contribution >= 0.6 is 0 Å². The zero-order chi connectivity index (χ0) is 12.2. The number of rotatable bonds is 5. The van der Waals surface area contributed by atoms with Crippen LogP contribution in [0.4, 0.5) is 0 Å². The summed E-state index contributed by atoms with van der Waals surface area (Å²) < 4.78 is 0. The third kappa shape index (κ3) is 3.04. The van der Waals surface area contributed by atoms with Crippen LogP contribution in [0.2, 0.25) is 0 Å². The van der Waals surface area contributed by atoms with E-state index in [1.165, 1.54) is 57.1 Å². The van der Waals surface area contributed by atoms with Gasteiger partial charge in [0.15, 0.2) is 0 Å². The van der Waals surface area contributed by atoms with E-state index in [-0.39, 0.29) is 0 Å². The fourth-order valence-electron chi connectivity index (χ4n) is 3.33. The Morgan fingerprint density at radius 1 is 1.28 bits per heavy atom. The molecule has 0 aliphatic heterocycles. The van der Waals surface area contributed by atoms with Gasteiger partial charge in [0.1, 0.15) is 0 Å². The molecule has 2 saturated carbocycles. The minimum Gasteiger partial charge on any atom is -0.348 e. The Hall–Kier alpha value is -1.05. The second kappa shape index (κ2) is 5.73. The van der Waals surface area contributed by atoms with Crippen molar-refractivity contribution in [1.82, 2.24) is 9.97 Å². The summed E-state index contributed by atoms with van der Waals surface area (Å²) in [6, 6.07) is 0. The van der Waals surface area contributed by atoms with E-state index in [1.54, 1.807) is 6.33 Å². The van der Waals surface area contributed by atoms with Gasteiger partial charge in [0, 0.05) is 17.8 Å². The molecule has 1 heterocycles. The zero-order valence-corrected chi connectivity index (χ0v) is 11.1. The largest absolute Gasteiger partial charge is 0.348 e. The van der Waals surface area contributed by atoms with Gasteiger partial charge in [-0.25, -0.2) is 4.98 Å². The summed E-state index contributed by atoms with van der Waals surface area (Å²) in [5.74, 6) is 2.52. The number of aromatic nitrogens is 2. The Bertz CT molecular complexity index is 374. The molecule has 1 N–H and O–H groups in total. The van der Waals surface area contributed by atoms with Crippen LogP contribution in [0.5, 0.6) is 0 Å². The molecule has 0 unspecified atom stereocenters. The van der Waals surface area contributed by atoms with Gasteiger partial charge in [-0.1, -0.05) is 44.3 Å². The number of H-pyrrole nitrogens is 1. The van der Waals surface area contributed by atoms with E-state index in [4.69, 9.17) is 0 Å². The molecule has 0 radical (unpaired) electrons. The Kier molecular flexibility index (Phi) is 3.82. The first-order valence-electron chi connectivity index (χ1n) is 7.58. The lowest BCUT2D eigenvalue weighted by molar-refractivity contribution is 0.341. The van der Waals surface area contributed by atoms with Crippen LogP contribution in [0.25, 0.3) is 0 Å². The third-order valence-corrected chi connectivity index (χ3v) is 4.61. The van der Waals surface area contributed by atoms with Crippen molar-refractivity contribution < 1.29 is 0 Å². The smallest absolute Gasteiger partial charge is 0.0921 e. The maximum Gasteiger partial charge on any atom is 0.0921 e. The molecular weight excluding hydrogens is 220 g/mol. The van der Waals surface area contributed by atoms with Gasteiger partial charge >= 0.3 is 0 Å². The summed E-state index contributed by atoms with van der Waals surface area (Å²) in [6.07, 6.45) is 20.0. The van der Waals surface area contributed by atoms with E-state index in [2.05, 4.69) is 22.1 Å². The Morgan fingerprint density at radius 3 is 2.94 bits per heavy atom. The van der Waals surface area contributed by atoms with Crippen molar-refractivity contribution in [2.75, 3.05) is 0 Å². The van der Waals surface area contributed by atoms with Gasteiger partial charge in [0.05, 0.1) is 6.33 Å². The predicted molar refractivity (Wildman–Crippen MR) is 74.4 cm³/mol. The van der Waals surface area contributed by atoms with Gasteiger partial charge in [-0.15, -0.1) is 0 Å². The molecule has 3 rings (SSSR count). The van der Waals surface area contributed by atoms with E-state index in [1.807, 2.05) is 6.20 Å². The molecule has 0 amide bonds. The summed E-state index contributed by atoms with van der Waals surface area (Å²) in [7, 11) is 0. The minimum atomic E-state index is 0.721. The van der Waals surface area contributed by atoms with Crippen molar-refractivity contribution in [3.8, 4) is 0 Å². The highest BCUT2D eigenvalue weighted by molar-refractivity contribution is 5.19. The lowest BCUT2D eigenvalue weighted by Crippen LogP contribution is -2.05. The third-order valence-electron chi connectivity index (χ3n) is 4.61. The number of nitrogens with one attached hydrogen (secondary N) is 1. The molecule has 2 fully saturated rings. The van der Waals surface area contributed by atoms with E-state index in [0.29, 0.717) is 0 Å². The minimum absolute atomic E-state index is 0.721. The SMILES string of the molecule is C(=C[C@H]1C[C@H]1c1cnc[nH]1)CCC1CCCCC1. The van der Waals surface area contributed by atoms with Crippen LogP contribution in [0.1, 0.15) is 63.0 Å². The van der Waals surface area contributed by atoms with Crippen LogP contribution in [-0.2, 0) is 0 Å². The molecule has 1 aromatic rings. The number of hydrogen-bond donors (Lipinski definition) is 1. The number of nitrogens with zero attached hydrogens (tertiary/aromatic N) is 1. The summed E-state index contributed by atoms with van der Waals surface area (Å²) in [4.78, 5) is 7.32. The van der Waals surface area contributed by atoms with E-state index >= 15 is 0 Å². The summed E-state index contributed by atoms with van der Waals surface area (Å²) in [6.45, 7) is 0. The van der Waals surface area contributed by atoms with Gasteiger partial charge in [-0.05, 0) is 31.1 Å². The standard InChI is InChI=1S/C16H24N2/c1-2-6-13(7-3-1)8-4-5-9-14-10-15(14)16-11-17-12-18-16/h5,9,11-15H,1-4,6-8,10H2,(H,17,18)/t14-,15+/m0/s1. The molecule has 1 aromatic heterocycles. The summed E-state index contributed by atoms with van der Waals surface area (Å²) in [5.41, 5.74) is 1.32. The summed E-state index contributed by atoms with van der Waals surface area (Å²) in [5, 5.41) is 0. The fraction of sp³-hybridized carbons (Fsp3) is 0.688. The quantitative estimate of drug-likeness (QED) is 0.763. The molecule has 98 valence electrons. The molecule has 2 aliphatic rings. The number of allylic oxidation sites excluding steroid dienone is 2. The maximum absolute atomic E-state index is 4.10. The van der Waals surface area contributed by atoms with Crippen LogP contribution < -0.4 is 0 Å². The van der Waals surface area contributed by atoms with E-state index in [0.717, 1.165) is 17.8 Å². The Balaban J connectivity index is 1.35. The normalized spacial score (nSPS) is 28.9. The maximum atomic E-state index is 4.10. The van der Waals surface area contributed by atoms with Crippen molar-refractivity contribution in [1.29, 1.82) is 0 Å². The summed E-state index contributed by atoms with van der Waals surface area (Å²) >= 11 is 0. The van der Waals surface area contributed by atoms with Crippen LogP contribution in [0.15, 0.2) is 24.7 Å². The molecule has 2 nitrogen and oxygen atoms in total. The molecule has 0 bridgehead atoms. The first-order chi connectivity index (χ1) is 8.93. The number of imidazole rings is 1. The van der Waals surface area contributed by atoms with Crippen LogP contribution in [-0.4, -0.2) is 9.97 Å². The highest BCUT2D eigenvalue weighted by Gasteiger charge is 2.36. The van der Waals surface area contributed by atoms with E-state index in [9.17, 15) is 0 Å². The Morgan fingerprint density at radius 2 is 2.17 bits per heavy atom. The molecule has 2 heteroatoms. The van der Waals surface area contributed by atoms with Gasteiger partial charge in [0.2, 0.25) is 0 Å². The van der Waals surface area contributed by atoms with Crippen molar-refractivity contribution in [3.05, 3.63) is 30.4 Å². The molecule has 0 saturated heterocycles. The lowest BCUT2D eigenvalue weighted by atomic mass is 9.86. The molecule has 2 atom stereocenters. The second-order valence-corrected chi connectivity index (χ2v) is 6.02. The molecular formula is C16H24N2. The van der Waals surface area contributed by atoms with Crippen molar-refractivity contribution >= 4 is 0 Å². The van der Waals surface area contributed by atoms with E-state index < -0.39 is 0 Å². The monoisotopic (exact) mass is 244 g/mol. The Labute approximate surface area is 110 Å². The van der Waals surface area contributed by atoms with Crippen LogP contribution in [0.3, 0.4) is 0 Å². The second-order valence-electron chi connectivity index (χ2n) is 6.02. The van der Waals surface area contributed by atoms with Crippen molar-refractivity contribution in [2.45, 2.75) is 57.3 Å². The van der Waals surface area contributed by atoms with Crippen LogP contribution in [0, 0.1) is 11.8 Å². The van der Waals surface area contributed by atoms with Gasteiger partial charge in [0.25, 0.3) is 0 Å². The lowest BCUT2D eigenvalue weighted by Gasteiger charge is -2.20. The highest BCUT2D eigenvalue weighted by Crippen LogP contribution is 2.47. The molecule has 0 aromatic carbocycles. The molecule has 18 heavy (non-hydrogen) atoms. The first kappa shape index (κ1) is 12.0. The average Bonchev–Trinajstić information content (AvgIpc) is 2.98. The number of aromatic amines is 1. The predicted octanol–water partition coefficient (Wildman–Crippen LogP) is 4.43. The first-order valence-corrected chi connectivity index (χ1v) is 7.58. The topological polar surface area (TPSA) is 28.7 Å². The van der Waals surface area contributed by atoms with Gasteiger partial charge in [-0.2, -0.15) is 0 Å². The highest BCUT2D eigenvalue weighted by atomic mass is 14.9. The fourth-order valence-corrected chi connectivity index (χ4v) is 3.33. The molecule has 0 spiro atoms.